The first-order valence-electron chi connectivity index (χ1n) is 6.51. The minimum atomic E-state index is 0. The van der Waals surface area contributed by atoms with Crippen molar-refractivity contribution in [2.24, 2.45) is 0 Å². The van der Waals surface area contributed by atoms with Crippen molar-refractivity contribution in [3.63, 3.8) is 0 Å². The maximum Gasteiger partial charge on any atom is 0 e. The van der Waals surface area contributed by atoms with E-state index < -0.39 is 0 Å². The van der Waals surface area contributed by atoms with E-state index >= 15 is 0 Å². The van der Waals surface area contributed by atoms with Gasteiger partial charge in [-0.05, 0) is 12.8 Å². The summed E-state index contributed by atoms with van der Waals surface area (Å²) in [4.78, 5) is 0. The fourth-order valence-electron chi connectivity index (χ4n) is 1.18. The first-order valence-corrected chi connectivity index (χ1v) is 6.51. The molecule has 0 spiro atoms. The van der Waals surface area contributed by atoms with Gasteiger partial charge in [0.1, 0.15) is 0 Å². The summed E-state index contributed by atoms with van der Waals surface area (Å²) >= 11 is 0. The molecule has 0 fully saturated rings. The number of allylic oxidation sites excluding steroid dienone is 10. The molecular weight excluding hydrogens is 395 g/mol. The fraction of sp³-hybridized carbons (Fsp3) is 0.333. The van der Waals surface area contributed by atoms with Crippen LogP contribution in [0.1, 0.15) is 39.5 Å². The molecule has 0 unspecified atom stereocenters. The quantitative estimate of drug-likeness (QED) is 0.321. The summed E-state index contributed by atoms with van der Waals surface area (Å²) in [5.41, 5.74) is 2.38. The van der Waals surface area contributed by atoms with Crippen molar-refractivity contribution in [3.05, 3.63) is 72.9 Å². The van der Waals surface area contributed by atoms with Gasteiger partial charge in [-0.25, -0.2) is 24.3 Å². The molecule has 0 saturated carbocycles. The van der Waals surface area contributed by atoms with Crippen molar-refractivity contribution in [2.75, 3.05) is 0 Å². The molecule has 2 aliphatic carbocycles. The Hall–Kier alpha value is -0.690. The summed E-state index contributed by atoms with van der Waals surface area (Å²) in [5.74, 6) is 0. The van der Waals surface area contributed by atoms with Gasteiger partial charge in [-0.1, -0.05) is 38.2 Å². The van der Waals surface area contributed by atoms with Crippen LogP contribution >= 0.6 is 0 Å². The molecule has 0 amide bonds. The average Bonchev–Trinajstić information content (AvgIpc) is 3.12. The van der Waals surface area contributed by atoms with E-state index in [-0.39, 0.29) is 25.8 Å². The van der Waals surface area contributed by atoms with Crippen molar-refractivity contribution < 1.29 is 25.8 Å². The van der Waals surface area contributed by atoms with E-state index in [1.54, 1.807) is 0 Å². The Morgan fingerprint density at radius 3 is 1.37 bits per heavy atom. The van der Waals surface area contributed by atoms with Gasteiger partial charge in [0.2, 0.25) is 0 Å². The van der Waals surface area contributed by atoms with E-state index in [4.69, 9.17) is 0 Å². The predicted octanol–water partition coefficient (Wildman–Crippen LogP) is 5.53. The van der Waals surface area contributed by atoms with Crippen LogP contribution in [0.15, 0.2) is 60.8 Å². The minimum absolute atomic E-state index is 0. The van der Waals surface area contributed by atoms with Gasteiger partial charge in [-0.15, -0.1) is 12.8 Å². The van der Waals surface area contributed by atoms with Crippen molar-refractivity contribution in [3.8, 4) is 0 Å². The Labute approximate surface area is 138 Å². The summed E-state index contributed by atoms with van der Waals surface area (Å²) in [6, 6.07) is 0. The van der Waals surface area contributed by atoms with Crippen LogP contribution in [0.2, 0.25) is 0 Å². The van der Waals surface area contributed by atoms with Crippen molar-refractivity contribution in [1.82, 2.24) is 0 Å². The zero-order valence-electron chi connectivity index (χ0n) is 12.2. The Kier molecular flexibility index (Phi) is 16.7. The SMILES string of the molecule is C=C(CC)C(=C)CC.[C-]1=CC=CC1.[C-]1=CC=CC1.[Hf]. The van der Waals surface area contributed by atoms with Gasteiger partial charge in [0.15, 0.2) is 0 Å². The van der Waals surface area contributed by atoms with Gasteiger partial charge in [0, 0.05) is 25.8 Å². The maximum atomic E-state index is 3.84. The van der Waals surface area contributed by atoms with Crippen LogP contribution in [0.25, 0.3) is 0 Å². The van der Waals surface area contributed by atoms with Gasteiger partial charge < -0.3 is 0 Å². The van der Waals surface area contributed by atoms with Crippen molar-refractivity contribution >= 4 is 0 Å². The molecule has 0 aromatic heterocycles. The van der Waals surface area contributed by atoms with Crippen LogP contribution in [-0.2, 0) is 25.8 Å². The van der Waals surface area contributed by atoms with E-state index in [2.05, 4.69) is 51.3 Å². The van der Waals surface area contributed by atoms with Gasteiger partial charge in [-0.2, -0.15) is 12.2 Å². The van der Waals surface area contributed by atoms with Crippen LogP contribution in [0.5, 0.6) is 0 Å². The zero-order chi connectivity index (χ0) is 13.6. The minimum Gasteiger partial charge on any atom is -0.273 e. The molecule has 0 N–H and O–H groups in total. The van der Waals surface area contributed by atoms with Gasteiger partial charge in [-0.3, -0.25) is 12.2 Å². The molecule has 0 radical (unpaired) electrons. The third kappa shape index (κ3) is 13.5. The molecule has 0 atom stereocenters. The maximum absolute atomic E-state index is 3.84. The van der Waals surface area contributed by atoms with Crippen LogP contribution in [-0.4, -0.2) is 0 Å². The molecule has 0 nitrogen and oxygen atoms in total. The van der Waals surface area contributed by atoms with Gasteiger partial charge in [0.25, 0.3) is 0 Å². The third-order valence-corrected chi connectivity index (χ3v) is 2.53. The molecule has 1 heteroatoms. The Morgan fingerprint density at radius 2 is 1.26 bits per heavy atom. The molecule has 102 valence electrons. The van der Waals surface area contributed by atoms with Crippen LogP contribution in [0.3, 0.4) is 0 Å². The zero-order valence-corrected chi connectivity index (χ0v) is 15.8. The number of hydrogen-bond donors (Lipinski definition) is 0. The van der Waals surface area contributed by atoms with Crippen LogP contribution in [0, 0.1) is 12.2 Å². The molecule has 0 saturated heterocycles. The summed E-state index contributed by atoms with van der Waals surface area (Å²) < 4.78 is 0. The molecule has 2 aliphatic rings. The second kappa shape index (κ2) is 15.4. The molecule has 0 bridgehead atoms. The molecule has 0 aliphatic heterocycles. The van der Waals surface area contributed by atoms with Crippen LogP contribution in [0.4, 0.5) is 0 Å². The van der Waals surface area contributed by atoms with Crippen molar-refractivity contribution in [2.45, 2.75) is 39.5 Å². The molecular formula is C18H24Hf-2. The Bertz CT molecular complexity index is 298. The number of hydrogen-bond acceptors (Lipinski definition) is 0. The second-order valence-electron chi connectivity index (χ2n) is 3.92. The van der Waals surface area contributed by atoms with E-state index in [1.165, 1.54) is 11.1 Å². The average molecular weight is 419 g/mol. The van der Waals surface area contributed by atoms with Gasteiger partial charge in [0.05, 0.1) is 0 Å². The summed E-state index contributed by atoms with van der Waals surface area (Å²) in [6.45, 7) is 11.9. The third-order valence-electron chi connectivity index (χ3n) is 2.53. The first-order chi connectivity index (χ1) is 8.72. The Balaban J connectivity index is 0. The summed E-state index contributed by atoms with van der Waals surface area (Å²) in [7, 11) is 0. The topological polar surface area (TPSA) is 0 Å². The summed E-state index contributed by atoms with van der Waals surface area (Å²) in [5, 5.41) is 0. The van der Waals surface area contributed by atoms with Crippen molar-refractivity contribution in [1.29, 1.82) is 0 Å². The molecule has 2 rings (SSSR count). The van der Waals surface area contributed by atoms with E-state index in [9.17, 15) is 0 Å². The first kappa shape index (κ1) is 20.6. The predicted molar refractivity (Wildman–Crippen MR) is 82.0 cm³/mol. The molecule has 0 aromatic carbocycles. The largest absolute Gasteiger partial charge is 0.273 e. The fourth-order valence-corrected chi connectivity index (χ4v) is 1.18. The van der Waals surface area contributed by atoms with Crippen LogP contribution < -0.4 is 0 Å². The van der Waals surface area contributed by atoms with E-state index in [1.807, 2.05) is 24.3 Å². The smallest absolute Gasteiger partial charge is 0 e. The molecule has 0 heterocycles. The number of rotatable bonds is 3. The summed E-state index contributed by atoms with van der Waals surface area (Å²) in [6.07, 6.45) is 22.1. The monoisotopic (exact) mass is 420 g/mol. The Morgan fingerprint density at radius 1 is 0.895 bits per heavy atom. The van der Waals surface area contributed by atoms with Gasteiger partial charge >= 0.3 is 0 Å². The van der Waals surface area contributed by atoms with E-state index in [0.29, 0.717) is 0 Å². The second-order valence-corrected chi connectivity index (χ2v) is 3.92. The standard InChI is InChI=1S/C8H14.2C5H5.Hf/c1-5-7(3)8(4)6-2;2*1-2-4-5-3-1;/h3-6H2,1-2H3;2*1-3H,4H2;/q;2*-1;. The molecule has 19 heavy (non-hydrogen) atoms. The molecule has 0 aromatic rings. The van der Waals surface area contributed by atoms with E-state index in [0.717, 1.165) is 25.7 Å². The normalized spacial score (nSPS) is 12.9.